The topological polar surface area (TPSA) is 44.8 Å². The van der Waals surface area contributed by atoms with Gasteiger partial charge in [-0.15, -0.1) is 0 Å². The van der Waals surface area contributed by atoms with Crippen LogP contribution in [-0.2, 0) is 16.0 Å². The Bertz CT molecular complexity index is 148. The molecule has 0 fully saturated rings. The van der Waals surface area contributed by atoms with Gasteiger partial charge < -0.3 is 0 Å². The highest BCUT2D eigenvalue weighted by molar-refractivity contribution is 14.1. The van der Waals surface area contributed by atoms with Gasteiger partial charge in [-0.05, 0) is 6.42 Å². The van der Waals surface area contributed by atoms with Gasteiger partial charge in [0.05, 0.1) is 18.5 Å². The summed E-state index contributed by atoms with van der Waals surface area (Å²) in [4.78, 5) is 0. The first-order valence-corrected chi connectivity index (χ1v) is 6.18. The Morgan fingerprint density at radius 2 is 2.17 bits per heavy atom. The summed E-state index contributed by atoms with van der Waals surface area (Å²) in [7, 11) is -3.47. The first-order chi connectivity index (χ1) is 5.68. The van der Waals surface area contributed by atoms with Crippen LogP contribution in [0.3, 0.4) is 0 Å². The number of halogens is 2. The number of phosphoric acid groups is 1. The summed E-state index contributed by atoms with van der Waals surface area (Å²) in [5.74, 6) is 0. The van der Waals surface area contributed by atoms with E-state index in [2.05, 4.69) is 13.9 Å². The summed E-state index contributed by atoms with van der Waals surface area (Å²) in [6.45, 7) is 2.40. The molecule has 0 aliphatic carbocycles. The van der Waals surface area contributed by atoms with Crippen molar-refractivity contribution in [2.24, 2.45) is 0 Å². The van der Waals surface area contributed by atoms with Gasteiger partial charge in [0.15, 0.2) is 0 Å². The lowest BCUT2D eigenvalue weighted by atomic mass is 10.3. The summed E-state index contributed by atoms with van der Waals surface area (Å²) in [6, 6.07) is 0. The van der Waals surface area contributed by atoms with E-state index in [-0.39, 0.29) is 0 Å². The first-order valence-electron chi connectivity index (χ1n) is 3.53. The maximum absolute atomic E-state index is 11.1. The van der Waals surface area contributed by atoms with Gasteiger partial charge >= 0.3 is 7.82 Å². The molecule has 0 N–H and O–H groups in total. The van der Waals surface area contributed by atoms with Gasteiger partial charge in [0.1, 0.15) is 23.0 Å². The summed E-state index contributed by atoms with van der Waals surface area (Å²) in [6.07, 6.45) is 2.91. The fourth-order valence-corrected chi connectivity index (χ4v) is 2.10. The van der Waals surface area contributed by atoms with Crippen molar-refractivity contribution in [2.45, 2.75) is 26.2 Å². The molecule has 0 saturated carbocycles. The number of unbranched alkanes of at least 4 members (excludes halogenated alkanes) is 2. The van der Waals surface area contributed by atoms with Crippen LogP contribution in [0.4, 0.5) is 0 Å². The first kappa shape index (κ1) is 13.1. The minimum absolute atomic E-state index is 0.334. The highest BCUT2D eigenvalue weighted by Crippen LogP contribution is 2.52. The molecule has 0 amide bonds. The summed E-state index contributed by atoms with van der Waals surface area (Å²) < 4.78 is 24.4. The minimum Gasteiger partial charge on any atom is -0.285 e. The lowest BCUT2D eigenvalue weighted by molar-refractivity contribution is 0.225. The monoisotopic (exact) mass is 328 g/mol. The molecule has 0 aromatic heterocycles. The molecule has 74 valence electrons. The zero-order valence-corrected chi connectivity index (χ0v) is 10.5. The van der Waals surface area contributed by atoms with E-state index in [0.29, 0.717) is 6.61 Å². The largest absolute Gasteiger partial charge is 0.500 e. The third-order valence-corrected chi connectivity index (χ3v) is 3.96. The quantitative estimate of drug-likeness (QED) is 0.405. The van der Waals surface area contributed by atoms with E-state index in [0.717, 1.165) is 19.3 Å². The molecule has 12 heavy (non-hydrogen) atoms. The second kappa shape index (κ2) is 7.53. The standard InChI is InChI=1S/C5H11ClIO4P/c1-2-3-4-5-9-12(8,10-6)11-7/h2-5H2,1H3. The van der Waals surface area contributed by atoms with Gasteiger partial charge in [0.2, 0.25) is 0 Å². The number of rotatable bonds is 7. The molecule has 0 aliphatic rings. The maximum Gasteiger partial charge on any atom is 0.500 e. The van der Waals surface area contributed by atoms with Crippen LogP contribution in [0.25, 0.3) is 0 Å². The van der Waals surface area contributed by atoms with Gasteiger partial charge in [0, 0.05) is 0 Å². The van der Waals surface area contributed by atoms with Crippen LogP contribution in [0.15, 0.2) is 0 Å². The Balaban J connectivity index is 3.52. The third kappa shape index (κ3) is 5.72. The summed E-state index contributed by atoms with van der Waals surface area (Å²) >= 11 is 6.33. The van der Waals surface area contributed by atoms with Crippen LogP contribution >= 0.6 is 42.7 Å². The van der Waals surface area contributed by atoms with Crippen molar-refractivity contribution in [3.05, 3.63) is 0 Å². The predicted molar refractivity (Wildman–Crippen MR) is 55.1 cm³/mol. The molecule has 4 nitrogen and oxygen atoms in total. The normalized spacial score (nSPS) is 15.9. The van der Waals surface area contributed by atoms with Gasteiger partial charge in [-0.2, -0.15) is 4.08 Å². The fraction of sp³-hybridized carbons (Fsp3) is 1.00. The summed E-state index contributed by atoms with van der Waals surface area (Å²) in [5.41, 5.74) is 0. The Hall–Kier alpha value is 1.13. The molecule has 0 aromatic rings. The molecule has 0 heterocycles. The van der Waals surface area contributed by atoms with Crippen LogP contribution in [0, 0.1) is 0 Å². The third-order valence-electron chi connectivity index (χ3n) is 1.17. The number of hydrogen-bond acceptors (Lipinski definition) is 4. The molecule has 0 aliphatic heterocycles. The average molecular weight is 328 g/mol. The SMILES string of the molecule is CCCCCOP(=O)(OCl)OI. The van der Waals surface area contributed by atoms with Crippen molar-refractivity contribution in [3.8, 4) is 0 Å². The smallest absolute Gasteiger partial charge is 0.285 e. The minimum atomic E-state index is -3.47. The fourth-order valence-electron chi connectivity index (χ4n) is 0.579. The second-order valence-corrected chi connectivity index (χ2v) is 5.15. The molecule has 0 saturated heterocycles. The van der Waals surface area contributed by atoms with Crippen molar-refractivity contribution in [1.29, 1.82) is 0 Å². The molecular weight excluding hydrogens is 317 g/mol. The van der Waals surface area contributed by atoms with E-state index in [1.54, 1.807) is 0 Å². The van der Waals surface area contributed by atoms with Gasteiger partial charge in [-0.3, -0.25) is 4.52 Å². The van der Waals surface area contributed by atoms with E-state index >= 15 is 0 Å². The van der Waals surface area contributed by atoms with Crippen LogP contribution in [-0.4, -0.2) is 6.61 Å². The lowest BCUT2D eigenvalue weighted by Crippen LogP contribution is -1.93. The molecule has 0 radical (unpaired) electrons. The zero-order valence-electron chi connectivity index (χ0n) is 6.66. The Labute approximate surface area is 91.4 Å². The lowest BCUT2D eigenvalue weighted by Gasteiger charge is -2.08. The Morgan fingerprint density at radius 3 is 2.58 bits per heavy atom. The molecule has 0 rings (SSSR count). The predicted octanol–water partition coefficient (Wildman–Crippen LogP) is 3.84. The van der Waals surface area contributed by atoms with Crippen molar-refractivity contribution < 1.29 is 16.0 Å². The van der Waals surface area contributed by atoms with E-state index < -0.39 is 7.82 Å². The molecule has 0 spiro atoms. The Morgan fingerprint density at radius 1 is 1.50 bits per heavy atom. The zero-order chi connectivity index (χ0) is 9.45. The van der Waals surface area contributed by atoms with E-state index in [1.165, 1.54) is 23.0 Å². The van der Waals surface area contributed by atoms with Crippen molar-refractivity contribution in [3.63, 3.8) is 0 Å². The maximum atomic E-state index is 11.1. The highest BCUT2D eigenvalue weighted by Gasteiger charge is 2.25. The van der Waals surface area contributed by atoms with Crippen molar-refractivity contribution in [1.82, 2.24) is 0 Å². The van der Waals surface area contributed by atoms with Crippen molar-refractivity contribution >= 4 is 42.7 Å². The van der Waals surface area contributed by atoms with Crippen LogP contribution < -0.4 is 0 Å². The molecular formula is C5H11ClIO4P. The second-order valence-electron chi connectivity index (χ2n) is 2.13. The number of hydrogen-bond donors (Lipinski definition) is 0. The molecule has 1 unspecified atom stereocenters. The molecule has 7 heteroatoms. The van der Waals surface area contributed by atoms with Crippen LogP contribution in [0.1, 0.15) is 26.2 Å². The van der Waals surface area contributed by atoms with Crippen molar-refractivity contribution in [2.75, 3.05) is 6.61 Å². The van der Waals surface area contributed by atoms with Gasteiger partial charge in [-0.25, -0.2) is 7.42 Å². The van der Waals surface area contributed by atoms with Gasteiger partial charge in [-0.1, -0.05) is 19.8 Å². The Kier molecular flexibility index (Phi) is 8.23. The molecule has 1 atom stereocenters. The highest BCUT2D eigenvalue weighted by atomic mass is 127. The molecule has 0 aromatic carbocycles. The van der Waals surface area contributed by atoms with E-state index in [9.17, 15) is 4.57 Å². The average Bonchev–Trinajstić information content (AvgIpc) is 2.12. The van der Waals surface area contributed by atoms with Crippen LogP contribution in [0.5, 0.6) is 0 Å². The van der Waals surface area contributed by atoms with Crippen LogP contribution in [0.2, 0.25) is 0 Å². The van der Waals surface area contributed by atoms with E-state index in [4.69, 9.17) is 16.4 Å². The summed E-state index contributed by atoms with van der Waals surface area (Å²) in [5, 5.41) is 0. The van der Waals surface area contributed by atoms with E-state index in [1.807, 2.05) is 0 Å². The molecule has 0 bridgehead atoms. The van der Waals surface area contributed by atoms with Gasteiger partial charge in [0.25, 0.3) is 0 Å².